The van der Waals surface area contributed by atoms with Crippen molar-refractivity contribution in [2.75, 3.05) is 0 Å². The predicted octanol–water partition coefficient (Wildman–Crippen LogP) is 4.45. The molecule has 0 amide bonds. The summed E-state index contributed by atoms with van der Waals surface area (Å²) in [5.41, 5.74) is 1.17. The zero-order valence-corrected chi connectivity index (χ0v) is 10.4. The van der Waals surface area contributed by atoms with Crippen molar-refractivity contribution in [3.05, 3.63) is 48.6 Å². The molecule has 0 saturated heterocycles. The van der Waals surface area contributed by atoms with Crippen LogP contribution in [0.4, 0.5) is 0 Å². The van der Waals surface area contributed by atoms with E-state index in [4.69, 9.17) is 4.74 Å². The summed E-state index contributed by atoms with van der Waals surface area (Å²) in [6.45, 7) is 6.15. The van der Waals surface area contributed by atoms with Crippen LogP contribution < -0.4 is 4.74 Å². The van der Waals surface area contributed by atoms with Gasteiger partial charge in [-0.1, -0.05) is 50.1 Å². The van der Waals surface area contributed by atoms with Crippen LogP contribution in [0.5, 0.6) is 5.75 Å². The van der Waals surface area contributed by atoms with Crippen LogP contribution in [-0.4, -0.2) is 6.10 Å². The maximum atomic E-state index is 6.02. The maximum Gasteiger partial charge on any atom is 0.127 e. The summed E-state index contributed by atoms with van der Waals surface area (Å²) in [5.74, 6) is 1.41. The molecule has 2 atom stereocenters. The summed E-state index contributed by atoms with van der Waals surface area (Å²) >= 11 is 0. The van der Waals surface area contributed by atoms with Crippen molar-refractivity contribution in [1.29, 1.82) is 0 Å². The molecule has 0 aromatic heterocycles. The fourth-order valence-corrected chi connectivity index (χ4v) is 2.20. The molecule has 1 aromatic carbocycles. The van der Waals surface area contributed by atoms with E-state index in [9.17, 15) is 0 Å². The van der Waals surface area contributed by atoms with Crippen LogP contribution in [0.3, 0.4) is 0 Å². The number of rotatable bonds is 5. The lowest BCUT2D eigenvalue weighted by atomic mass is 9.94. The van der Waals surface area contributed by atoms with Crippen molar-refractivity contribution in [2.24, 2.45) is 5.92 Å². The van der Waals surface area contributed by atoms with E-state index in [-0.39, 0.29) is 6.10 Å². The number of para-hydroxylation sites is 1. The second-order valence-corrected chi connectivity index (χ2v) is 4.52. The maximum absolute atomic E-state index is 6.02. The molecule has 0 N–H and O–H groups in total. The number of fused-ring (bicyclic) bond motifs is 1. The Morgan fingerprint density at radius 2 is 2.24 bits per heavy atom. The Morgan fingerprint density at radius 1 is 1.41 bits per heavy atom. The van der Waals surface area contributed by atoms with Crippen molar-refractivity contribution in [3.8, 4) is 5.75 Å². The lowest BCUT2D eigenvalue weighted by molar-refractivity contribution is 0.192. The summed E-state index contributed by atoms with van der Waals surface area (Å²) in [6.07, 6.45) is 10.1. The Hall–Kier alpha value is -1.50. The van der Waals surface area contributed by atoms with Crippen molar-refractivity contribution in [3.63, 3.8) is 0 Å². The highest BCUT2D eigenvalue weighted by Gasteiger charge is 2.21. The Labute approximate surface area is 104 Å². The molecule has 1 heterocycles. The summed E-state index contributed by atoms with van der Waals surface area (Å²) in [5, 5.41) is 0. The number of ether oxygens (including phenoxy) is 1. The molecule has 17 heavy (non-hydrogen) atoms. The van der Waals surface area contributed by atoms with E-state index in [0.29, 0.717) is 5.92 Å². The topological polar surface area (TPSA) is 9.23 Å². The van der Waals surface area contributed by atoms with Crippen LogP contribution in [0.25, 0.3) is 6.08 Å². The molecule has 1 aromatic rings. The third-order valence-electron chi connectivity index (χ3n) is 3.26. The van der Waals surface area contributed by atoms with Crippen LogP contribution in [-0.2, 0) is 0 Å². The molecule has 0 unspecified atom stereocenters. The minimum atomic E-state index is 0.147. The van der Waals surface area contributed by atoms with Crippen molar-refractivity contribution >= 4 is 6.08 Å². The fourth-order valence-electron chi connectivity index (χ4n) is 2.20. The molecule has 90 valence electrons. The van der Waals surface area contributed by atoms with E-state index < -0.39 is 0 Å². The summed E-state index contributed by atoms with van der Waals surface area (Å²) < 4.78 is 6.02. The Kier molecular flexibility index (Phi) is 4.03. The molecule has 1 nitrogen and oxygen atoms in total. The third-order valence-corrected chi connectivity index (χ3v) is 3.26. The van der Waals surface area contributed by atoms with E-state index in [1.807, 2.05) is 24.3 Å². The lowest BCUT2D eigenvalue weighted by Gasteiger charge is -2.26. The first-order chi connectivity index (χ1) is 8.35. The first kappa shape index (κ1) is 12.0. The van der Waals surface area contributed by atoms with Crippen molar-refractivity contribution in [2.45, 2.75) is 32.3 Å². The Balaban J connectivity index is 2.08. The van der Waals surface area contributed by atoms with Gasteiger partial charge >= 0.3 is 0 Å². The van der Waals surface area contributed by atoms with Gasteiger partial charge in [-0.15, -0.1) is 6.58 Å². The van der Waals surface area contributed by atoms with Gasteiger partial charge in [0.15, 0.2) is 0 Å². The normalized spacial score (nSPS) is 19.2. The number of unbranched alkanes of at least 4 members (excludes halogenated alkanes) is 1. The van der Waals surface area contributed by atoms with E-state index in [2.05, 4.69) is 31.7 Å². The Bertz CT molecular complexity index is 406. The van der Waals surface area contributed by atoms with Crippen LogP contribution in [0.2, 0.25) is 0 Å². The molecule has 0 bridgehead atoms. The first-order valence-electron chi connectivity index (χ1n) is 6.41. The average Bonchev–Trinajstić information content (AvgIpc) is 2.39. The largest absolute Gasteiger partial charge is 0.485 e. The summed E-state index contributed by atoms with van der Waals surface area (Å²) in [6, 6.07) is 8.17. The minimum absolute atomic E-state index is 0.147. The lowest BCUT2D eigenvalue weighted by Crippen LogP contribution is -2.25. The van der Waals surface area contributed by atoms with E-state index in [1.165, 1.54) is 18.4 Å². The molecular weight excluding hydrogens is 208 g/mol. The quantitative estimate of drug-likeness (QED) is 0.676. The molecule has 0 saturated carbocycles. The van der Waals surface area contributed by atoms with Crippen molar-refractivity contribution in [1.82, 2.24) is 0 Å². The van der Waals surface area contributed by atoms with Gasteiger partial charge in [0.1, 0.15) is 11.9 Å². The number of hydrogen-bond acceptors (Lipinski definition) is 1. The van der Waals surface area contributed by atoms with E-state index >= 15 is 0 Å². The molecule has 0 aliphatic carbocycles. The van der Waals surface area contributed by atoms with Crippen LogP contribution in [0.15, 0.2) is 43.0 Å². The zero-order chi connectivity index (χ0) is 12.1. The monoisotopic (exact) mass is 228 g/mol. The predicted molar refractivity (Wildman–Crippen MR) is 73.1 cm³/mol. The third kappa shape index (κ3) is 2.79. The molecule has 0 radical (unpaired) electrons. The summed E-state index contributed by atoms with van der Waals surface area (Å²) in [7, 11) is 0. The van der Waals surface area contributed by atoms with E-state index in [1.54, 1.807) is 0 Å². The van der Waals surface area contributed by atoms with Crippen molar-refractivity contribution < 1.29 is 4.74 Å². The minimum Gasteiger partial charge on any atom is -0.485 e. The standard InChI is InChI=1S/C16H20O/c1-3-5-8-13(4-2)16-12-11-14-9-6-7-10-15(14)17-16/h4,6-7,9-13,16H,2-3,5,8H2,1H3/t13-,16-/m0/s1. The molecule has 0 fully saturated rings. The molecule has 2 rings (SSSR count). The smallest absolute Gasteiger partial charge is 0.127 e. The van der Waals surface area contributed by atoms with Gasteiger partial charge in [-0.05, 0) is 18.6 Å². The molecule has 1 aliphatic rings. The van der Waals surface area contributed by atoms with Gasteiger partial charge < -0.3 is 4.74 Å². The Morgan fingerprint density at radius 3 is 3.00 bits per heavy atom. The second kappa shape index (κ2) is 5.72. The first-order valence-corrected chi connectivity index (χ1v) is 6.41. The highest BCUT2D eigenvalue weighted by Crippen LogP contribution is 2.29. The van der Waals surface area contributed by atoms with Gasteiger partial charge in [-0.25, -0.2) is 0 Å². The number of benzene rings is 1. The summed E-state index contributed by atoms with van der Waals surface area (Å²) in [4.78, 5) is 0. The van der Waals surface area contributed by atoms with Gasteiger partial charge in [0.2, 0.25) is 0 Å². The van der Waals surface area contributed by atoms with Gasteiger partial charge in [0.05, 0.1) is 0 Å². The second-order valence-electron chi connectivity index (χ2n) is 4.52. The molecule has 1 heteroatoms. The van der Waals surface area contributed by atoms with E-state index in [0.717, 1.165) is 12.2 Å². The molecule has 0 spiro atoms. The highest BCUT2D eigenvalue weighted by atomic mass is 16.5. The highest BCUT2D eigenvalue weighted by molar-refractivity contribution is 5.59. The fraction of sp³-hybridized carbons (Fsp3) is 0.375. The molecular formula is C16H20O. The van der Waals surface area contributed by atoms with Gasteiger partial charge in [0, 0.05) is 11.5 Å². The SMILES string of the molecule is C=C[C@@H](CCCC)[C@@H]1C=Cc2ccccc2O1. The van der Waals surface area contributed by atoms with Crippen LogP contribution in [0.1, 0.15) is 31.7 Å². The van der Waals surface area contributed by atoms with Crippen LogP contribution in [0, 0.1) is 5.92 Å². The average molecular weight is 228 g/mol. The number of hydrogen-bond donors (Lipinski definition) is 0. The van der Waals surface area contributed by atoms with Gasteiger partial charge in [-0.3, -0.25) is 0 Å². The molecule has 1 aliphatic heterocycles. The van der Waals surface area contributed by atoms with Crippen LogP contribution >= 0.6 is 0 Å². The van der Waals surface area contributed by atoms with Gasteiger partial charge in [0.25, 0.3) is 0 Å². The zero-order valence-electron chi connectivity index (χ0n) is 10.4. The van der Waals surface area contributed by atoms with Gasteiger partial charge in [-0.2, -0.15) is 0 Å².